The molecule has 1 saturated heterocycles. The van der Waals surface area contributed by atoms with Gasteiger partial charge in [0.15, 0.2) is 0 Å². The third kappa shape index (κ3) is 3.99. The van der Waals surface area contributed by atoms with Gasteiger partial charge in [-0.25, -0.2) is 4.98 Å². The van der Waals surface area contributed by atoms with Crippen molar-refractivity contribution in [1.82, 2.24) is 14.5 Å². The Balaban J connectivity index is 1.54. The van der Waals surface area contributed by atoms with Crippen LogP contribution in [0.4, 0.5) is 0 Å². The Morgan fingerprint density at radius 2 is 1.79 bits per heavy atom. The molecule has 0 aliphatic carbocycles. The first-order chi connectivity index (χ1) is 13.8. The summed E-state index contributed by atoms with van der Waals surface area (Å²) in [5, 5.41) is 0. The largest absolute Gasteiger partial charge is 0.497 e. The van der Waals surface area contributed by atoms with Crippen LogP contribution in [0.15, 0.2) is 48.5 Å². The van der Waals surface area contributed by atoms with Gasteiger partial charge in [0.05, 0.1) is 30.7 Å². The number of hydrogen-bond acceptors (Lipinski definition) is 4. The number of fused-ring (bicyclic) bond motifs is 1. The molecule has 1 aromatic heterocycles. The maximum absolute atomic E-state index is 6.01. The van der Waals surface area contributed by atoms with Gasteiger partial charge in [0.1, 0.15) is 23.9 Å². The highest BCUT2D eigenvalue weighted by Crippen LogP contribution is 2.27. The average molecular weight is 380 g/mol. The van der Waals surface area contributed by atoms with Crippen molar-refractivity contribution >= 4 is 11.0 Å². The van der Waals surface area contributed by atoms with Crippen molar-refractivity contribution in [3.05, 3.63) is 54.4 Å². The number of likely N-dealkylation sites (tertiary alicyclic amines) is 1. The lowest BCUT2D eigenvalue weighted by molar-refractivity contribution is 0.165. The maximum atomic E-state index is 6.01. The number of rotatable bonds is 7. The highest BCUT2D eigenvalue weighted by molar-refractivity contribution is 5.76. The molecule has 0 amide bonds. The van der Waals surface area contributed by atoms with Gasteiger partial charge >= 0.3 is 0 Å². The van der Waals surface area contributed by atoms with Crippen molar-refractivity contribution in [2.75, 3.05) is 26.8 Å². The van der Waals surface area contributed by atoms with Gasteiger partial charge in [0, 0.05) is 6.07 Å². The smallest absolute Gasteiger partial charge is 0.127 e. The standard InChI is InChI=1S/C23H29N3O2/c1-18(25-13-6-3-7-14-25)23-24-21-11-4-5-12-22(21)26(23)15-16-28-20-10-8-9-19(17-20)27-2/h4-5,8-12,17-18H,3,6-7,13-16H2,1-2H3. The van der Waals surface area contributed by atoms with Crippen molar-refractivity contribution in [2.24, 2.45) is 0 Å². The summed E-state index contributed by atoms with van der Waals surface area (Å²) in [5.74, 6) is 2.77. The van der Waals surface area contributed by atoms with E-state index < -0.39 is 0 Å². The zero-order valence-corrected chi connectivity index (χ0v) is 16.8. The molecule has 0 bridgehead atoms. The maximum Gasteiger partial charge on any atom is 0.127 e. The second-order valence-electron chi connectivity index (χ2n) is 7.41. The molecule has 0 radical (unpaired) electrons. The average Bonchev–Trinajstić information content (AvgIpc) is 3.13. The molecular weight excluding hydrogens is 350 g/mol. The Kier molecular flexibility index (Phi) is 5.81. The zero-order chi connectivity index (χ0) is 19.3. The van der Waals surface area contributed by atoms with Crippen molar-refractivity contribution < 1.29 is 9.47 Å². The second-order valence-corrected chi connectivity index (χ2v) is 7.41. The van der Waals surface area contributed by atoms with Gasteiger partial charge in [-0.3, -0.25) is 4.90 Å². The number of para-hydroxylation sites is 2. The normalized spacial score (nSPS) is 16.2. The number of methoxy groups -OCH3 is 1. The van der Waals surface area contributed by atoms with Crippen molar-refractivity contribution in [2.45, 2.75) is 38.8 Å². The van der Waals surface area contributed by atoms with Gasteiger partial charge in [-0.15, -0.1) is 0 Å². The Morgan fingerprint density at radius 3 is 2.61 bits per heavy atom. The molecule has 3 aromatic rings. The quantitative estimate of drug-likeness (QED) is 0.598. The molecule has 2 heterocycles. The van der Waals surface area contributed by atoms with Crippen LogP contribution in [0.2, 0.25) is 0 Å². The van der Waals surface area contributed by atoms with Crippen LogP contribution in [0.25, 0.3) is 11.0 Å². The first-order valence-corrected chi connectivity index (χ1v) is 10.2. The van der Waals surface area contributed by atoms with Gasteiger partial charge < -0.3 is 14.0 Å². The minimum atomic E-state index is 0.310. The lowest BCUT2D eigenvalue weighted by atomic mass is 10.1. The number of hydrogen-bond donors (Lipinski definition) is 0. The van der Waals surface area contributed by atoms with E-state index in [-0.39, 0.29) is 0 Å². The van der Waals surface area contributed by atoms with Crippen molar-refractivity contribution in [1.29, 1.82) is 0 Å². The van der Waals surface area contributed by atoms with Gasteiger partial charge in [0.2, 0.25) is 0 Å². The van der Waals surface area contributed by atoms with Crippen molar-refractivity contribution in [3.63, 3.8) is 0 Å². The minimum absolute atomic E-state index is 0.310. The van der Waals surface area contributed by atoms with Crippen LogP contribution < -0.4 is 9.47 Å². The molecule has 1 fully saturated rings. The Morgan fingerprint density at radius 1 is 1.00 bits per heavy atom. The number of ether oxygens (including phenoxy) is 2. The number of aromatic nitrogens is 2. The van der Waals surface area contributed by atoms with Gasteiger partial charge in [-0.2, -0.15) is 0 Å². The third-order valence-electron chi connectivity index (χ3n) is 5.62. The molecule has 5 heteroatoms. The SMILES string of the molecule is COc1cccc(OCCn2c(C(C)N3CCCCC3)nc3ccccc32)c1. The molecule has 1 aliphatic rings. The van der Waals surface area contributed by atoms with Crippen LogP contribution in [0.3, 0.4) is 0 Å². The summed E-state index contributed by atoms with van der Waals surface area (Å²) in [5.41, 5.74) is 2.23. The number of piperidine rings is 1. The molecule has 0 saturated carbocycles. The fraction of sp³-hybridized carbons (Fsp3) is 0.435. The van der Waals surface area contributed by atoms with E-state index in [2.05, 4.69) is 40.7 Å². The van der Waals surface area contributed by atoms with Crippen LogP contribution in [0.5, 0.6) is 11.5 Å². The Labute approximate surface area is 166 Å². The highest BCUT2D eigenvalue weighted by Gasteiger charge is 2.23. The molecule has 0 N–H and O–H groups in total. The van der Waals surface area contributed by atoms with E-state index in [1.165, 1.54) is 24.8 Å². The number of benzene rings is 2. The fourth-order valence-electron chi connectivity index (χ4n) is 4.06. The molecule has 28 heavy (non-hydrogen) atoms. The summed E-state index contributed by atoms with van der Waals surface area (Å²) in [7, 11) is 1.67. The molecular formula is C23H29N3O2. The fourth-order valence-corrected chi connectivity index (χ4v) is 4.06. The van der Waals surface area contributed by atoms with Gasteiger partial charge in [-0.05, 0) is 57.1 Å². The molecule has 1 atom stereocenters. The monoisotopic (exact) mass is 379 g/mol. The third-order valence-corrected chi connectivity index (χ3v) is 5.62. The van der Waals surface area contributed by atoms with Gasteiger partial charge in [-0.1, -0.05) is 24.6 Å². The lowest BCUT2D eigenvalue weighted by Gasteiger charge is -2.32. The summed E-state index contributed by atoms with van der Waals surface area (Å²) >= 11 is 0. The number of nitrogens with zero attached hydrogens (tertiary/aromatic N) is 3. The van der Waals surface area contributed by atoms with Crippen LogP contribution in [0, 0.1) is 0 Å². The molecule has 5 nitrogen and oxygen atoms in total. The molecule has 4 rings (SSSR count). The summed E-state index contributed by atoms with van der Waals surface area (Å²) < 4.78 is 13.6. The summed E-state index contributed by atoms with van der Waals surface area (Å²) in [6.07, 6.45) is 3.90. The topological polar surface area (TPSA) is 39.5 Å². The van der Waals surface area contributed by atoms with Crippen molar-refractivity contribution in [3.8, 4) is 11.5 Å². The predicted molar refractivity (Wildman–Crippen MR) is 112 cm³/mol. The van der Waals surface area contributed by atoms with E-state index in [1.54, 1.807) is 7.11 Å². The summed E-state index contributed by atoms with van der Waals surface area (Å²) in [6.45, 7) is 5.96. The summed E-state index contributed by atoms with van der Waals surface area (Å²) in [4.78, 5) is 7.55. The Bertz CT molecular complexity index is 915. The van der Waals surface area contributed by atoms with E-state index >= 15 is 0 Å². The molecule has 0 spiro atoms. The highest BCUT2D eigenvalue weighted by atomic mass is 16.5. The molecule has 148 valence electrons. The first kappa shape index (κ1) is 18.8. The van der Waals surface area contributed by atoms with E-state index in [4.69, 9.17) is 14.5 Å². The lowest BCUT2D eigenvalue weighted by Crippen LogP contribution is -2.34. The van der Waals surface area contributed by atoms with E-state index in [0.717, 1.165) is 42.5 Å². The van der Waals surface area contributed by atoms with Crippen LogP contribution in [0.1, 0.15) is 38.1 Å². The van der Waals surface area contributed by atoms with E-state index in [0.29, 0.717) is 12.6 Å². The summed E-state index contributed by atoms with van der Waals surface area (Å²) in [6, 6.07) is 16.5. The second kappa shape index (κ2) is 8.65. The minimum Gasteiger partial charge on any atom is -0.497 e. The van der Waals surface area contributed by atoms with Crippen LogP contribution >= 0.6 is 0 Å². The van der Waals surface area contributed by atoms with E-state index in [1.807, 2.05) is 24.3 Å². The molecule has 1 aliphatic heterocycles. The molecule has 2 aromatic carbocycles. The van der Waals surface area contributed by atoms with Crippen LogP contribution in [-0.2, 0) is 6.54 Å². The van der Waals surface area contributed by atoms with Gasteiger partial charge in [0.25, 0.3) is 0 Å². The first-order valence-electron chi connectivity index (χ1n) is 10.2. The van der Waals surface area contributed by atoms with Crippen LogP contribution in [-0.4, -0.2) is 41.3 Å². The Hall–Kier alpha value is -2.53. The van der Waals surface area contributed by atoms with E-state index in [9.17, 15) is 0 Å². The predicted octanol–water partition coefficient (Wildman–Crippen LogP) is 4.67. The zero-order valence-electron chi connectivity index (χ0n) is 16.8. The number of imidazole rings is 1. The molecule has 1 unspecified atom stereocenters.